The third-order valence-corrected chi connectivity index (χ3v) is 5.75. The summed E-state index contributed by atoms with van der Waals surface area (Å²) in [4.78, 5) is 39.2. The van der Waals surface area contributed by atoms with Gasteiger partial charge in [-0.2, -0.15) is 0 Å². The van der Waals surface area contributed by atoms with Crippen molar-refractivity contribution in [2.75, 3.05) is 4.90 Å². The summed E-state index contributed by atoms with van der Waals surface area (Å²) in [6.07, 6.45) is 3.45. The fraction of sp³-hybridized carbons (Fsp3) is 0.0385. The number of nitrogens with zero attached hydrogens (tertiary/aromatic N) is 2. The average Bonchev–Trinajstić information content (AvgIpc) is 3.16. The van der Waals surface area contributed by atoms with Crippen LogP contribution in [0.2, 0.25) is 5.02 Å². The number of hydrogen-bond acceptors (Lipinski definition) is 3. The molecule has 0 aliphatic carbocycles. The molecule has 0 atom stereocenters. The first-order valence-corrected chi connectivity index (χ1v) is 10.7. The molecule has 3 aromatic carbocycles. The first kappa shape index (κ1) is 20.7. The fourth-order valence-electron chi connectivity index (χ4n) is 3.94. The molecule has 0 saturated carbocycles. The van der Waals surface area contributed by atoms with E-state index >= 15 is 0 Å². The van der Waals surface area contributed by atoms with Crippen LogP contribution in [0.4, 0.5) is 10.5 Å². The van der Waals surface area contributed by atoms with Gasteiger partial charge in [-0.25, -0.2) is 9.69 Å². The number of fused-ring (bicyclic) bond motifs is 1. The Hall–Kier alpha value is -4.16. The van der Waals surface area contributed by atoms with Crippen molar-refractivity contribution in [2.24, 2.45) is 0 Å². The van der Waals surface area contributed by atoms with Crippen LogP contribution in [0.25, 0.3) is 17.0 Å². The maximum atomic E-state index is 13.2. The molecule has 1 aliphatic rings. The summed E-state index contributed by atoms with van der Waals surface area (Å²) in [5, 5.41) is 3.63. The molecular formula is C26H18ClN3O3. The van der Waals surface area contributed by atoms with E-state index in [0.717, 1.165) is 21.4 Å². The number of barbiturate groups is 1. The molecule has 1 saturated heterocycles. The maximum absolute atomic E-state index is 13.2. The third-order valence-electron chi connectivity index (χ3n) is 5.50. The van der Waals surface area contributed by atoms with Crippen molar-refractivity contribution in [3.05, 3.63) is 107 Å². The molecule has 33 heavy (non-hydrogen) atoms. The lowest BCUT2D eigenvalue weighted by Gasteiger charge is -2.26. The highest BCUT2D eigenvalue weighted by Crippen LogP contribution is 2.27. The highest BCUT2D eigenvalue weighted by Gasteiger charge is 2.37. The molecule has 1 aliphatic heterocycles. The molecule has 7 heteroatoms. The van der Waals surface area contributed by atoms with Crippen molar-refractivity contribution < 1.29 is 14.4 Å². The molecule has 0 radical (unpaired) electrons. The van der Waals surface area contributed by atoms with Gasteiger partial charge in [0, 0.05) is 34.2 Å². The quantitative estimate of drug-likeness (QED) is 0.347. The van der Waals surface area contributed by atoms with Crippen molar-refractivity contribution in [3.8, 4) is 0 Å². The second kappa shape index (κ2) is 8.41. The molecular weight excluding hydrogens is 438 g/mol. The Balaban J connectivity index is 1.57. The number of rotatable bonds is 4. The summed E-state index contributed by atoms with van der Waals surface area (Å²) >= 11 is 5.93. The number of amides is 4. The predicted octanol–water partition coefficient (Wildman–Crippen LogP) is 5.01. The molecule has 1 fully saturated rings. The van der Waals surface area contributed by atoms with Crippen molar-refractivity contribution in [2.45, 2.75) is 6.54 Å². The number of carbonyl (C=O) groups is 3. The molecule has 5 rings (SSSR count). The number of nitrogens with one attached hydrogen (secondary N) is 1. The standard InChI is InChI=1S/C26H18ClN3O3/c27-19-10-12-20(13-11-19)30-25(32)22(24(31)28-26(30)33)14-18-16-29(15-17-6-2-1-3-7-17)23-9-5-4-8-21(18)23/h1-14,16H,15H2,(H,28,31,33)/b22-14+. The zero-order valence-electron chi connectivity index (χ0n) is 17.4. The van der Waals surface area contributed by atoms with Gasteiger partial charge in [0.05, 0.1) is 5.69 Å². The van der Waals surface area contributed by atoms with Gasteiger partial charge in [0.25, 0.3) is 11.8 Å². The third kappa shape index (κ3) is 3.92. The molecule has 4 amide bonds. The number of anilines is 1. The van der Waals surface area contributed by atoms with E-state index in [1.165, 1.54) is 6.08 Å². The van der Waals surface area contributed by atoms with Crippen LogP contribution in [-0.2, 0) is 16.1 Å². The number of carbonyl (C=O) groups excluding carboxylic acids is 3. The minimum atomic E-state index is -0.795. The van der Waals surface area contributed by atoms with Crippen molar-refractivity contribution >= 4 is 52.1 Å². The van der Waals surface area contributed by atoms with Crippen LogP contribution in [0.3, 0.4) is 0 Å². The molecule has 162 valence electrons. The van der Waals surface area contributed by atoms with Crippen LogP contribution in [-0.4, -0.2) is 22.4 Å². The van der Waals surface area contributed by atoms with Crippen LogP contribution >= 0.6 is 11.6 Å². The Bertz CT molecular complexity index is 1420. The molecule has 1 N–H and O–H groups in total. The first-order chi connectivity index (χ1) is 16.0. The topological polar surface area (TPSA) is 71.4 Å². The summed E-state index contributed by atoms with van der Waals surface area (Å²) in [6, 6.07) is 23.3. The average molecular weight is 456 g/mol. The Labute approximate surface area is 194 Å². The van der Waals surface area contributed by atoms with Gasteiger partial charge in [-0.1, -0.05) is 60.1 Å². The Morgan fingerprint density at radius 1 is 0.848 bits per heavy atom. The summed E-state index contributed by atoms with van der Waals surface area (Å²) in [7, 11) is 0. The molecule has 0 bridgehead atoms. The maximum Gasteiger partial charge on any atom is 0.335 e. The summed E-state index contributed by atoms with van der Waals surface area (Å²) in [5.41, 5.74) is 3.02. The van der Waals surface area contributed by atoms with Gasteiger partial charge in [0.2, 0.25) is 0 Å². The summed E-state index contributed by atoms with van der Waals surface area (Å²) in [6.45, 7) is 0.639. The first-order valence-electron chi connectivity index (χ1n) is 10.3. The Morgan fingerprint density at radius 3 is 2.30 bits per heavy atom. The number of urea groups is 1. The Morgan fingerprint density at radius 2 is 1.55 bits per heavy atom. The molecule has 6 nitrogen and oxygen atoms in total. The second-order valence-electron chi connectivity index (χ2n) is 7.65. The fourth-order valence-corrected chi connectivity index (χ4v) is 4.06. The molecule has 2 heterocycles. The molecule has 0 spiro atoms. The predicted molar refractivity (Wildman–Crippen MR) is 128 cm³/mol. The normalized spacial score (nSPS) is 15.4. The van der Waals surface area contributed by atoms with E-state index in [1.807, 2.05) is 60.8 Å². The number of aromatic nitrogens is 1. The molecule has 4 aromatic rings. The monoisotopic (exact) mass is 455 g/mol. The second-order valence-corrected chi connectivity index (χ2v) is 8.09. The van der Waals surface area contributed by atoms with Gasteiger partial charge < -0.3 is 4.57 Å². The van der Waals surface area contributed by atoms with Crippen molar-refractivity contribution in [3.63, 3.8) is 0 Å². The van der Waals surface area contributed by atoms with E-state index in [1.54, 1.807) is 24.3 Å². The van der Waals surface area contributed by atoms with Gasteiger partial charge in [-0.05, 0) is 42.0 Å². The van der Waals surface area contributed by atoms with E-state index < -0.39 is 17.8 Å². The van der Waals surface area contributed by atoms with E-state index in [4.69, 9.17) is 11.6 Å². The molecule has 1 aromatic heterocycles. The van der Waals surface area contributed by atoms with Gasteiger partial charge in [0.15, 0.2) is 0 Å². The highest BCUT2D eigenvalue weighted by atomic mass is 35.5. The highest BCUT2D eigenvalue weighted by molar-refractivity contribution is 6.39. The van der Waals surface area contributed by atoms with Crippen LogP contribution < -0.4 is 10.2 Å². The SMILES string of the molecule is O=C1NC(=O)N(c2ccc(Cl)cc2)C(=O)/C1=C/c1cn(Cc2ccccc2)c2ccccc12. The van der Waals surface area contributed by atoms with Gasteiger partial charge >= 0.3 is 6.03 Å². The number of para-hydroxylation sites is 1. The Kier molecular flexibility index (Phi) is 5.28. The summed E-state index contributed by atoms with van der Waals surface area (Å²) in [5.74, 6) is -1.42. The smallest absolute Gasteiger partial charge is 0.335 e. The lowest BCUT2D eigenvalue weighted by atomic mass is 10.1. The van der Waals surface area contributed by atoms with Crippen molar-refractivity contribution in [1.29, 1.82) is 0 Å². The number of imide groups is 2. The van der Waals surface area contributed by atoms with Gasteiger partial charge in [0.1, 0.15) is 5.57 Å². The minimum absolute atomic E-state index is 0.118. The summed E-state index contributed by atoms with van der Waals surface area (Å²) < 4.78 is 2.07. The van der Waals surface area contributed by atoms with Gasteiger partial charge in [-0.15, -0.1) is 0 Å². The van der Waals surface area contributed by atoms with Gasteiger partial charge in [-0.3, -0.25) is 14.9 Å². The lowest BCUT2D eigenvalue weighted by Crippen LogP contribution is -2.54. The van der Waals surface area contributed by atoms with Crippen LogP contribution in [0.1, 0.15) is 11.1 Å². The van der Waals surface area contributed by atoms with E-state index in [0.29, 0.717) is 22.8 Å². The minimum Gasteiger partial charge on any atom is -0.342 e. The number of hydrogen-bond donors (Lipinski definition) is 1. The van der Waals surface area contributed by atoms with E-state index in [9.17, 15) is 14.4 Å². The van der Waals surface area contributed by atoms with Crippen LogP contribution in [0.15, 0.2) is 90.6 Å². The number of halogens is 1. The largest absolute Gasteiger partial charge is 0.342 e. The number of benzene rings is 3. The van der Waals surface area contributed by atoms with E-state index in [2.05, 4.69) is 9.88 Å². The molecule has 0 unspecified atom stereocenters. The van der Waals surface area contributed by atoms with Crippen LogP contribution in [0, 0.1) is 0 Å². The zero-order valence-corrected chi connectivity index (χ0v) is 18.1. The van der Waals surface area contributed by atoms with E-state index in [-0.39, 0.29) is 5.57 Å². The zero-order chi connectivity index (χ0) is 22.9. The van der Waals surface area contributed by atoms with Crippen molar-refractivity contribution in [1.82, 2.24) is 9.88 Å². The van der Waals surface area contributed by atoms with Crippen LogP contribution in [0.5, 0.6) is 0 Å². The lowest BCUT2D eigenvalue weighted by molar-refractivity contribution is -0.122.